The molecule has 7 nitrogen and oxygen atoms in total. The van der Waals surface area contributed by atoms with Crippen molar-refractivity contribution in [1.29, 1.82) is 0 Å². The molecule has 0 N–H and O–H groups in total. The van der Waals surface area contributed by atoms with Gasteiger partial charge >= 0.3 is 0 Å². The van der Waals surface area contributed by atoms with Crippen molar-refractivity contribution in [3.63, 3.8) is 0 Å². The maximum Gasteiger partial charge on any atom is 0.264 e. The van der Waals surface area contributed by atoms with E-state index in [0.717, 1.165) is 6.26 Å². The summed E-state index contributed by atoms with van der Waals surface area (Å²) in [6.07, 6.45) is 1.94. The number of ether oxygens (including phenoxy) is 4. The molecule has 2 atom stereocenters. The van der Waals surface area contributed by atoms with Crippen molar-refractivity contribution < 1.29 is 31.5 Å². The van der Waals surface area contributed by atoms with Crippen LogP contribution in [0.1, 0.15) is 53.4 Å². The zero-order valence-corrected chi connectivity index (χ0v) is 16.1. The van der Waals surface area contributed by atoms with Crippen LogP contribution in [0.25, 0.3) is 0 Å². The molecule has 2 aliphatic rings. The molecular weight excluding hydrogens is 336 g/mol. The molecule has 2 aliphatic heterocycles. The van der Waals surface area contributed by atoms with Crippen LogP contribution in [0.2, 0.25) is 0 Å². The van der Waals surface area contributed by atoms with Crippen molar-refractivity contribution in [2.45, 2.75) is 83.3 Å². The van der Waals surface area contributed by atoms with Crippen molar-refractivity contribution in [3.05, 3.63) is 0 Å². The average molecular weight is 366 g/mol. The van der Waals surface area contributed by atoms with E-state index in [9.17, 15) is 8.42 Å². The molecule has 2 saturated heterocycles. The lowest BCUT2D eigenvalue weighted by Crippen LogP contribution is -2.45. The van der Waals surface area contributed by atoms with Gasteiger partial charge in [0.1, 0.15) is 18.3 Å². The molecule has 8 heteroatoms. The lowest BCUT2D eigenvalue weighted by atomic mass is 10.1. The summed E-state index contributed by atoms with van der Waals surface area (Å²) in [5, 5.41) is 0. The van der Waals surface area contributed by atoms with E-state index in [1.54, 1.807) is 0 Å². The van der Waals surface area contributed by atoms with Gasteiger partial charge in [0.15, 0.2) is 11.6 Å². The van der Waals surface area contributed by atoms with Crippen LogP contribution in [0.15, 0.2) is 0 Å². The minimum absolute atomic E-state index is 0.271. The van der Waals surface area contributed by atoms with Crippen molar-refractivity contribution in [2.75, 3.05) is 19.5 Å². The fourth-order valence-electron chi connectivity index (χ4n) is 3.29. The molecule has 0 amide bonds. The molecule has 0 aromatic heterocycles. The Bertz CT molecular complexity index is 481. The Hall–Kier alpha value is -0.250. The maximum absolute atomic E-state index is 11.7. The van der Waals surface area contributed by atoms with E-state index in [1.807, 2.05) is 27.7 Å². The van der Waals surface area contributed by atoms with Gasteiger partial charge in [-0.15, -0.1) is 0 Å². The molecule has 0 aliphatic carbocycles. The van der Waals surface area contributed by atoms with Crippen LogP contribution in [-0.4, -0.2) is 57.8 Å². The highest BCUT2D eigenvalue weighted by Gasteiger charge is 2.50. The van der Waals surface area contributed by atoms with Crippen molar-refractivity contribution in [1.82, 2.24) is 0 Å². The lowest BCUT2D eigenvalue weighted by Gasteiger charge is -2.30. The van der Waals surface area contributed by atoms with Gasteiger partial charge < -0.3 is 18.9 Å². The molecule has 2 fully saturated rings. The van der Waals surface area contributed by atoms with Crippen LogP contribution in [0, 0.1) is 0 Å². The van der Waals surface area contributed by atoms with Crippen LogP contribution >= 0.6 is 0 Å². The van der Waals surface area contributed by atoms with Crippen molar-refractivity contribution in [2.24, 2.45) is 0 Å². The molecule has 0 bridgehead atoms. The number of rotatable bonds is 8. The van der Waals surface area contributed by atoms with Crippen LogP contribution in [-0.2, 0) is 33.2 Å². The monoisotopic (exact) mass is 366 g/mol. The predicted octanol–water partition coefficient (Wildman–Crippen LogP) is 2.19. The molecular formula is C16H30O7S. The molecule has 24 heavy (non-hydrogen) atoms. The van der Waals surface area contributed by atoms with Crippen molar-refractivity contribution in [3.8, 4) is 0 Å². The summed E-state index contributed by atoms with van der Waals surface area (Å²) in [6.45, 7) is 8.46. The summed E-state index contributed by atoms with van der Waals surface area (Å²) in [5.41, 5.74) is 0. The maximum atomic E-state index is 11.7. The second-order valence-corrected chi connectivity index (χ2v) is 8.04. The first-order valence-corrected chi connectivity index (χ1v) is 10.6. The van der Waals surface area contributed by atoms with Crippen LogP contribution in [0.4, 0.5) is 0 Å². The first kappa shape index (κ1) is 20.1. The molecule has 0 aromatic rings. The SMILES string of the molecule is CCC1(CC)OC[C@@H](C(OS(C)(=O)=O)[C@@H]2COC(CC)(CC)O2)O1. The quantitative estimate of drug-likeness (QED) is 0.609. The standard InChI is InChI=1S/C16H30O7S/c1-6-15(7-2)19-10-12(21-15)14(23-24(5,17)18)13-11-20-16(8-3,9-4)22-13/h12-14H,6-11H2,1-5H3/t12-,13-/m0/s1. The van der Waals surface area contributed by atoms with Crippen molar-refractivity contribution >= 4 is 10.1 Å². The van der Waals surface area contributed by atoms with Gasteiger partial charge in [-0.25, -0.2) is 0 Å². The van der Waals surface area contributed by atoms with Gasteiger partial charge in [0, 0.05) is 0 Å². The third-order valence-electron chi connectivity index (χ3n) is 4.93. The van der Waals surface area contributed by atoms with E-state index in [4.69, 9.17) is 23.1 Å². The van der Waals surface area contributed by atoms with Crippen LogP contribution in [0.5, 0.6) is 0 Å². The highest BCUT2D eigenvalue weighted by molar-refractivity contribution is 7.86. The van der Waals surface area contributed by atoms with Gasteiger partial charge in [0.2, 0.25) is 0 Å². The summed E-state index contributed by atoms with van der Waals surface area (Å²) >= 11 is 0. The van der Waals surface area contributed by atoms with E-state index >= 15 is 0 Å². The molecule has 0 unspecified atom stereocenters. The molecule has 0 saturated carbocycles. The van der Waals surface area contributed by atoms with Gasteiger partial charge in [-0.2, -0.15) is 8.42 Å². The minimum Gasteiger partial charge on any atom is -0.347 e. The normalized spacial score (nSPS) is 29.4. The first-order valence-electron chi connectivity index (χ1n) is 8.74. The summed E-state index contributed by atoms with van der Waals surface area (Å²) in [4.78, 5) is 0. The Morgan fingerprint density at radius 1 is 0.917 bits per heavy atom. The largest absolute Gasteiger partial charge is 0.347 e. The van der Waals surface area contributed by atoms with E-state index in [-0.39, 0.29) is 13.2 Å². The highest BCUT2D eigenvalue weighted by Crippen LogP contribution is 2.37. The topological polar surface area (TPSA) is 80.3 Å². The molecule has 0 spiro atoms. The minimum atomic E-state index is -3.67. The zero-order valence-electron chi connectivity index (χ0n) is 15.2. The third kappa shape index (κ3) is 4.28. The summed E-state index contributed by atoms with van der Waals surface area (Å²) in [5.74, 6) is -1.37. The van der Waals surface area contributed by atoms with Gasteiger partial charge in [0.25, 0.3) is 10.1 Å². The number of hydrogen-bond donors (Lipinski definition) is 0. The van der Waals surface area contributed by atoms with Gasteiger partial charge in [-0.05, 0) is 25.7 Å². The molecule has 0 radical (unpaired) electrons. The second kappa shape index (κ2) is 7.55. The Kier molecular flexibility index (Phi) is 6.31. The lowest BCUT2D eigenvalue weighted by molar-refractivity contribution is -0.201. The summed E-state index contributed by atoms with van der Waals surface area (Å²) < 4.78 is 52.6. The predicted molar refractivity (Wildman–Crippen MR) is 88.0 cm³/mol. The van der Waals surface area contributed by atoms with Gasteiger partial charge in [-0.3, -0.25) is 4.18 Å². The van der Waals surface area contributed by atoms with Gasteiger partial charge in [0.05, 0.1) is 19.5 Å². The van der Waals surface area contributed by atoms with Crippen LogP contribution < -0.4 is 0 Å². The third-order valence-corrected chi connectivity index (χ3v) is 5.50. The molecule has 0 aromatic carbocycles. The van der Waals surface area contributed by atoms with Crippen LogP contribution in [0.3, 0.4) is 0 Å². The molecule has 2 heterocycles. The Balaban J connectivity index is 2.18. The Morgan fingerprint density at radius 3 is 1.54 bits per heavy atom. The fourth-order valence-corrected chi connectivity index (χ4v) is 3.94. The number of hydrogen-bond acceptors (Lipinski definition) is 7. The highest BCUT2D eigenvalue weighted by atomic mass is 32.2. The second-order valence-electron chi connectivity index (χ2n) is 6.44. The Labute approximate surface area is 145 Å². The van der Waals surface area contributed by atoms with E-state index in [0.29, 0.717) is 25.7 Å². The van der Waals surface area contributed by atoms with E-state index < -0.39 is 40.0 Å². The van der Waals surface area contributed by atoms with E-state index in [2.05, 4.69) is 0 Å². The van der Waals surface area contributed by atoms with Gasteiger partial charge in [-0.1, -0.05) is 27.7 Å². The fraction of sp³-hybridized carbons (Fsp3) is 1.00. The first-order chi connectivity index (χ1) is 11.2. The Morgan fingerprint density at radius 2 is 1.29 bits per heavy atom. The average Bonchev–Trinajstić information content (AvgIpc) is 3.17. The molecule has 142 valence electrons. The smallest absolute Gasteiger partial charge is 0.264 e. The van der Waals surface area contributed by atoms with E-state index in [1.165, 1.54) is 0 Å². The zero-order chi connectivity index (χ0) is 18.0. The summed E-state index contributed by atoms with van der Waals surface area (Å²) in [6, 6.07) is 0. The molecule has 2 rings (SSSR count). The summed E-state index contributed by atoms with van der Waals surface area (Å²) in [7, 11) is -3.67.